The van der Waals surface area contributed by atoms with E-state index in [1.54, 1.807) is 17.0 Å². The van der Waals surface area contributed by atoms with Crippen LogP contribution in [0.5, 0.6) is 0 Å². The van der Waals surface area contributed by atoms with Gasteiger partial charge in [0.15, 0.2) is 0 Å². The fourth-order valence-electron chi connectivity index (χ4n) is 5.47. The van der Waals surface area contributed by atoms with Crippen molar-refractivity contribution < 1.29 is 18.8 Å². The van der Waals surface area contributed by atoms with Gasteiger partial charge in [0.05, 0.1) is 5.92 Å². The molecule has 0 bridgehead atoms. The lowest BCUT2D eigenvalue weighted by molar-refractivity contribution is -0.118. The minimum absolute atomic E-state index is 0.0479. The van der Waals surface area contributed by atoms with E-state index in [0.717, 1.165) is 36.9 Å². The molecule has 1 saturated heterocycles. The van der Waals surface area contributed by atoms with Gasteiger partial charge in [0, 0.05) is 35.9 Å². The summed E-state index contributed by atoms with van der Waals surface area (Å²) in [6, 6.07) is 11.4. The Balaban J connectivity index is 1.27. The maximum Gasteiger partial charge on any atom is 0.253 e. The van der Waals surface area contributed by atoms with Crippen LogP contribution in [0.3, 0.4) is 0 Å². The van der Waals surface area contributed by atoms with Gasteiger partial charge in [-0.1, -0.05) is 18.9 Å². The third-order valence-electron chi connectivity index (χ3n) is 7.25. The number of benzene rings is 2. The van der Waals surface area contributed by atoms with E-state index in [0.29, 0.717) is 37.1 Å². The van der Waals surface area contributed by atoms with E-state index in [1.165, 1.54) is 18.2 Å². The third-order valence-corrected chi connectivity index (χ3v) is 7.25. The highest BCUT2D eigenvalue weighted by atomic mass is 19.1. The quantitative estimate of drug-likeness (QED) is 0.738. The average molecular weight is 450 g/mol. The Labute approximate surface area is 192 Å². The zero-order valence-corrected chi connectivity index (χ0v) is 18.5. The summed E-state index contributed by atoms with van der Waals surface area (Å²) in [7, 11) is 0. The zero-order valence-electron chi connectivity index (χ0n) is 18.5. The highest BCUT2D eigenvalue weighted by Gasteiger charge is 2.39. The number of hydrogen-bond donors (Lipinski definition) is 2. The number of nitrogens with zero attached hydrogens (tertiary/aromatic N) is 1. The lowest BCUT2D eigenvalue weighted by Crippen LogP contribution is -2.40. The molecular weight excluding hydrogens is 421 g/mol. The molecule has 1 atom stereocenters. The minimum atomic E-state index is -0.428. The minimum Gasteiger partial charge on any atom is -0.349 e. The highest BCUT2D eigenvalue weighted by molar-refractivity contribution is 6.05. The van der Waals surface area contributed by atoms with Gasteiger partial charge >= 0.3 is 0 Å². The molecule has 2 aromatic rings. The van der Waals surface area contributed by atoms with Crippen molar-refractivity contribution in [1.82, 2.24) is 10.2 Å². The Bertz CT molecular complexity index is 1090. The first-order valence-corrected chi connectivity index (χ1v) is 11.8. The molecular formula is C26H28FN3O3. The van der Waals surface area contributed by atoms with Gasteiger partial charge in [0.25, 0.3) is 11.8 Å². The fraction of sp³-hybridized carbons (Fsp3) is 0.423. The van der Waals surface area contributed by atoms with Crippen molar-refractivity contribution in [2.24, 2.45) is 5.92 Å². The molecule has 6 nitrogen and oxygen atoms in total. The van der Waals surface area contributed by atoms with Crippen LogP contribution in [0.2, 0.25) is 0 Å². The Hall–Kier alpha value is -3.22. The second kappa shape index (κ2) is 8.96. The van der Waals surface area contributed by atoms with Gasteiger partial charge < -0.3 is 15.5 Å². The molecule has 0 spiro atoms. The molecule has 33 heavy (non-hydrogen) atoms. The number of carbonyl (C=O) groups excluding carboxylic acids is 3. The maximum atomic E-state index is 13.5. The standard InChI is InChI=1S/C26H28FN3O3/c27-19-5-3-4-18(14-19)26(33)30-12-10-16(11-13-30)23-21-15-17(8-9-22(21)29-25(23)32)24(31)28-20-6-1-2-7-20/h3-5,8-9,14-16,20,23H,1-2,6-7,10-13H2,(H,28,31)(H,29,32)/t23-/m1/s1. The van der Waals surface area contributed by atoms with Gasteiger partial charge in [-0.3, -0.25) is 14.4 Å². The summed E-state index contributed by atoms with van der Waals surface area (Å²) in [4.78, 5) is 40.1. The molecule has 0 radical (unpaired) electrons. The number of carbonyl (C=O) groups is 3. The van der Waals surface area contributed by atoms with Crippen LogP contribution in [0.15, 0.2) is 42.5 Å². The number of piperidine rings is 1. The van der Waals surface area contributed by atoms with E-state index in [2.05, 4.69) is 10.6 Å². The van der Waals surface area contributed by atoms with Gasteiger partial charge in [-0.15, -0.1) is 0 Å². The second-order valence-electron chi connectivity index (χ2n) is 9.36. The second-order valence-corrected chi connectivity index (χ2v) is 9.36. The predicted octanol–water partition coefficient (Wildman–Crippen LogP) is 4.09. The highest BCUT2D eigenvalue weighted by Crippen LogP contribution is 2.42. The van der Waals surface area contributed by atoms with Crippen molar-refractivity contribution in [2.45, 2.75) is 50.5 Å². The Morgan fingerprint density at radius 2 is 1.73 bits per heavy atom. The summed E-state index contributed by atoms with van der Waals surface area (Å²) in [5.41, 5.74) is 2.56. The van der Waals surface area contributed by atoms with Crippen LogP contribution in [0.1, 0.15) is 70.7 Å². The SMILES string of the molecule is O=C(NC1CCCC1)c1ccc2c(c1)[C@@H](C1CCN(C(=O)c3cccc(F)c3)CC1)C(=O)N2. The fourth-order valence-corrected chi connectivity index (χ4v) is 5.47. The summed E-state index contributed by atoms with van der Waals surface area (Å²) >= 11 is 0. The van der Waals surface area contributed by atoms with E-state index in [-0.39, 0.29) is 35.6 Å². The zero-order chi connectivity index (χ0) is 22.9. The van der Waals surface area contributed by atoms with Crippen molar-refractivity contribution in [2.75, 3.05) is 18.4 Å². The van der Waals surface area contributed by atoms with Crippen LogP contribution >= 0.6 is 0 Å². The van der Waals surface area contributed by atoms with Crippen molar-refractivity contribution >= 4 is 23.4 Å². The van der Waals surface area contributed by atoms with Gasteiger partial charge in [-0.05, 0) is 73.6 Å². The molecule has 0 unspecified atom stereocenters. The van der Waals surface area contributed by atoms with Gasteiger partial charge in [0.2, 0.25) is 5.91 Å². The lowest BCUT2D eigenvalue weighted by atomic mass is 9.80. The molecule has 3 amide bonds. The van der Waals surface area contributed by atoms with Gasteiger partial charge in [-0.2, -0.15) is 0 Å². The van der Waals surface area contributed by atoms with E-state index in [9.17, 15) is 18.8 Å². The summed E-state index contributed by atoms with van der Waals surface area (Å²) in [5, 5.41) is 6.07. The molecule has 0 aromatic heterocycles. The first-order valence-electron chi connectivity index (χ1n) is 11.8. The maximum absolute atomic E-state index is 13.5. The normalized spacial score (nSPS) is 21.1. The van der Waals surface area contributed by atoms with E-state index >= 15 is 0 Å². The molecule has 1 aliphatic carbocycles. The number of nitrogens with one attached hydrogen (secondary N) is 2. The summed E-state index contributed by atoms with van der Waals surface area (Å²) in [6.07, 6.45) is 5.69. The largest absolute Gasteiger partial charge is 0.349 e. The number of halogens is 1. The number of rotatable bonds is 4. The molecule has 2 N–H and O–H groups in total. The van der Waals surface area contributed by atoms with Crippen molar-refractivity contribution in [3.8, 4) is 0 Å². The van der Waals surface area contributed by atoms with Crippen molar-refractivity contribution in [3.05, 3.63) is 65.0 Å². The van der Waals surface area contributed by atoms with E-state index < -0.39 is 5.82 Å². The van der Waals surface area contributed by atoms with Crippen molar-refractivity contribution in [3.63, 3.8) is 0 Å². The van der Waals surface area contributed by atoms with Crippen LogP contribution in [-0.2, 0) is 4.79 Å². The number of hydrogen-bond acceptors (Lipinski definition) is 3. The monoisotopic (exact) mass is 449 g/mol. The van der Waals surface area contributed by atoms with Crippen LogP contribution in [0.25, 0.3) is 0 Å². The molecule has 2 aliphatic heterocycles. The first kappa shape index (κ1) is 21.6. The summed E-state index contributed by atoms with van der Waals surface area (Å²) < 4.78 is 13.5. The van der Waals surface area contributed by atoms with E-state index in [4.69, 9.17) is 0 Å². The van der Waals surface area contributed by atoms with Crippen LogP contribution in [0.4, 0.5) is 10.1 Å². The predicted molar refractivity (Wildman–Crippen MR) is 123 cm³/mol. The Morgan fingerprint density at radius 1 is 0.970 bits per heavy atom. The topological polar surface area (TPSA) is 78.5 Å². The summed E-state index contributed by atoms with van der Waals surface area (Å²) in [5.74, 6) is -0.994. The molecule has 7 heteroatoms. The molecule has 1 saturated carbocycles. The van der Waals surface area contributed by atoms with E-state index in [1.807, 2.05) is 12.1 Å². The van der Waals surface area contributed by atoms with Crippen LogP contribution < -0.4 is 10.6 Å². The first-order chi connectivity index (χ1) is 16.0. The number of amides is 3. The average Bonchev–Trinajstić information content (AvgIpc) is 3.45. The van der Waals surface area contributed by atoms with Crippen molar-refractivity contribution in [1.29, 1.82) is 0 Å². The molecule has 2 fully saturated rings. The van der Waals surface area contributed by atoms with Crippen LogP contribution in [-0.4, -0.2) is 41.8 Å². The molecule has 172 valence electrons. The molecule has 5 rings (SSSR count). The molecule has 2 heterocycles. The number of fused-ring (bicyclic) bond motifs is 1. The summed E-state index contributed by atoms with van der Waals surface area (Å²) in [6.45, 7) is 1.03. The number of anilines is 1. The van der Waals surface area contributed by atoms with Gasteiger partial charge in [-0.25, -0.2) is 4.39 Å². The molecule has 3 aliphatic rings. The Kier molecular flexibility index (Phi) is 5.87. The third kappa shape index (κ3) is 4.36. The van der Waals surface area contributed by atoms with Gasteiger partial charge in [0.1, 0.15) is 5.82 Å². The van der Waals surface area contributed by atoms with Crippen LogP contribution in [0, 0.1) is 11.7 Å². The number of likely N-dealkylation sites (tertiary alicyclic amines) is 1. The molecule has 2 aromatic carbocycles. The Morgan fingerprint density at radius 3 is 2.45 bits per heavy atom. The smallest absolute Gasteiger partial charge is 0.253 e. The lowest BCUT2D eigenvalue weighted by Gasteiger charge is -2.34.